The van der Waals surface area contributed by atoms with Gasteiger partial charge in [0.1, 0.15) is 23.2 Å². The third kappa shape index (κ3) is 3.10. The van der Waals surface area contributed by atoms with Gasteiger partial charge in [-0.3, -0.25) is 14.5 Å². The quantitative estimate of drug-likeness (QED) is 0.780. The van der Waals surface area contributed by atoms with Crippen LogP contribution in [0.3, 0.4) is 0 Å². The minimum atomic E-state index is -0.824. The molecule has 7 nitrogen and oxygen atoms in total. The van der Waals surface area contributed by atoms with Crippen molar-refractivity contribution < 1.29 is 14.4 Å². The lowest BCUT2D eigenvalue weighted by Gasteiger charge is -2.30. The van der Waals surface area contributed by atoms with Crippen molar-refractivity contribution in [2.45, 2.75) is 63.3 Å². The van der Waals surface area contributed by atoms with Gasteiger partial charge < -0.3 is 10.6 Å². The number of hydrogen-bond donors (Lipinski definition) is 2. The fourth-order valence-corrected chi connectivity index (χ4v) is 5.65. The van der Waals surface area contributed by atoms with E-state index in [1.54, 1.807) is 0 Å². The highest BCUT2D eigenvalue weighted by atomic mass is 32.1. The zero-order valence-electron chi connectivity index (χ0n) is 15.1. The molecule has 1 saturated heterocycles. The zero-order chi connectivity index (χ0) is 19.0. The van der Waals surface area contributed by atoms with Gasteiger partial charge in [-0.05, 0) is 44.1 Å². The molecule has 0 radical (unpaired) electrons. The minimum absolute atomic E-state index is 0.298. The van der Waals surface area contributed by atoms with E-state index >= 15 is 0 Å². The zero-order valence-corrected chi connectivity index (χ0v) is 15.9. The molecule has 1 aromatic rings. The molecule has 1 aliphatic heterocycles. The molecule has 2 heterocycles. The summed E-state index contributed by atoms with van der Waals surface area (Å²) in [5.41, 5.74) is 0.749. The highest BCUT2D eigenvalue weighted by Crippen LogP contribution is 2.38. The molecule has 2 aliphatic carbocycles. The Hall–Kier alpha value is -2.40. The predicted molar refractivity (Wildman–Crippen MR) is 100 cm³/mol. The molecule has 4 rings (SSSR count). The molecule has 1 saturated carbocycles. The number of aryl methyl sites for hydroxylation is 1. The van der Waals surface area contributed by atoms with Gasteiger partial charge in [0.2, 0.25) is 5.91 Å². The van der Waals surface area contributed by atoms with Crippen LogP contribution in [0.15, 0.2) is 0 Å². The third-order valence-electron chi connectivity index (χ3n) is 5.79. The molecule has 1 aromatic heterocycles. The Balaban J connectivity index is 1.47. The fraction of sp³-hybridized carbons (Fsp3) is 0.579. The van der Waals surface area contributed by atoms with Gasteiger partial charge in [-0.15, -0.1) is 11.3 Å². The van der Waals surface area contributed by atoms with Crippen LogP contribution in [0, 0.1) is 11.3 Å². The standard InChI is InChI=1S/C19H22N4O3S/c20-10-13-12-6-2-3-7-14(12)27-16(13)21-15(24)11-23-17(25)19(22-18(23)26)8-4-1-5-9-19/h1-9,11H2,(H,21,24)(H,22,26). The van der Waals surface area contributed by atoms with Crippen LogP contribution < -0.4 is 10.6 Å². The molecule has 27 heavy (non-hydrogen) atoms. The summed E-state index contributed by atoms with van der Waals surface area (Å²) in [5, 5.41) is 15.6. The number of amides is 4. The van der Waals surface area contributed by atoms with Crippen LogP contribution in [0.4, 0.5) is 9.80 Å². The predicted octanol–water partition coefficient (Wildman–Crippen LogP) is 2.69. The first kappa shape index (κ1) is 18.0. The second kappa shape index (κ2) is 6.97. The number of imide groups is 1. The Morgan fingerprint density at radius 2 is 1.93 bits per heavy atom. The maximum absolute atomic E-state index is 12.8. The van der Waals surface area contributed by atoms with Crippen LogP contribution in [-0.2, 0) is 22.4 Å². The number of nitriles is 1. The Morgan fingerprint density at radius 1 is 1.19 bits per heavy atom. The number of anilines is 1. The van der Waals surface area contributed by atoms with Gasteiger partial charge in [-0.25, -0.2) is 4.79 Å². The summed E-state index contributed by atoms with van der Waals surface area (Å²) in [6.45, 7) is -0.320. The summed E-state index contributed by atoms with van der Waals surface area (Å²) in [4.78, 5) is 39.8. The van der Waals surface area contributed by atoms with Crippen molar-refractivity contribution in [2.24, 2.45) is 0 Å². The van der Waals surface area contributed by atoms with Gasteiger partial charge in [0.05, 0.1) is 5.56 Å². The second-order valence-corrected chi connectivity index (χ2v) is 8.64. The number of urea groups is 1. The van der Waals surface area contributed by atoms with E-state index in [4.69, 9.17) is 0 Å². The molecule has 0 bridgehead atoms. The van der Waals surface area contributed by atoms with Crippen molar-refractivity contribution in [1.29, 1.82) is 5.26 Å². The third-order valence-corrected chi connectivity index (χ3v) is 7.00. The normalized spacial score (nSPS) is 20.9. The number of carbonyl (C=O) groups excluding carboxylic acids is 3. The summed E-state index contributed by atoms with van der Waals surface area (Å²) in [6, 6.07) is 1.71. The van der Waals surface area contributed by atoms with Gasteiger partial charge >= 0.3 is 6.03 Å². The Morgan fingerprint density at radius 3 is 2.67 bits per heavy atom. The molecule has 1 spiro atoms. The number of thiophene rings is 1. The number of nitrogens with one attached hydrogen (secondary N) is 2. The molecule has 2 fully saturated rings. The first-order valence-corrected chi connectivity index (χ1v) is 10.3. The SMILES string of the molecule is N#Cc1c(NC(=O)CN2C(=O)NC3(CCCCC3)C2=O)sc2c1CCCC2. The summed E-state index contributed by atoms with van der Waals surface area (Å²) in [6.07, 6.45) is 8.06. The lowest BCUT2D eigenvalue weighted by molar-refractivity contribution is -0.134. The second-order valence-electron chi connectivity index (χ2n) is 7.54. The Bertz CT molecular complexity index is 848. The molecular weight excluding hydrogens is 364 g/mol. The molecule has 0 aromatic carbocycles. The highest BCUT2D eigenvalue weighted by molar-refractivity contribution is 7.16. The maximum atomic E-state index is 12.8. The topological polar surface area (TPSA) is 102 Å². The monoisotopic (exact) mass is 386 g/mol. The lowest BCUT2D eigenvalue weighted by atomic mass is 9.82. The van der Waals surface area contributed by atoms with Crippen LogP contribution in [0.2, 0.25) is 0 Å². The average molecular weight is 386 g/mol. The number of rotatable bonds is 3. The van der Waals surface area contributed by atoms with E-state index in [2.05, 4.69) is 16.7 Å². The molecule has 8 heteroatoms. The van der Waals surface area contributed by atoms with Crippen molar-refractivity contribution >= 4 is 34.2 Å². The number of carbonyl (C=O) groups is 3. The molecule has 0 unspecified atom stereocenters. The Kier molecular flexibility index (Phi) is 4.64. The van der Waals surface area contributed by atoms with E-state index in [0.29, 0.717) is 23.4 Å². The number of hydrogen-bond acceptors (Lipinski definition) is 5. The van der Waals surface area contributed by atoms with E-state index in [0.717, 1.165) is 60.3 Å². The summed E-state index contributed by atoms with van der Waals surface area (Å²) < 4.78 is 0. The van der Waals surface area contributed by atoms with E-state index in [1.165, 1.54) is 11.3 Å². The lowest BCUT2D eigenvalue weighted by Crippen LogP contribution is -2.48. The van der Waals surface area contributed by atoms with Gasteiger partial charge in [-0.2, -0.15) is 5.26 Å². The smallest absolute Gasteiger partial charge is 0.323 e. The summed E-state index contributed by atoms with van der Waals surface area (Å²) >= 11 is 1.44. The molecule has 142 valence electrons. The maximum Gasteiger partial charge on any atom is 0.325 e. The minimum Gasteiger partial charge on any atom is -0.323 e. The molecule has 4 amide bonds. The van der Waals surface area contributed by atoms with Crippen molar-refractivity contribution in [2.75, 3.05) is 11.9 Å². The van der Waals surface area contributed by atoms with Crippen LogP contribution >= 0.6 is 11.3 Å². The Labute approximate surface area is 161 Å². The number of fused-ring (bicyclic) bond motifs is 1. The van der Waals surface area contributed by atoms with Crippen LogP contribution in [0.5, 0.6) is 0 Å². The molecule has 2 N–H and O–H groups in total. The van der Waals surface area contributed by atoms with Gasteiger partial charge in [-0.1, -0.05) is 19.3 Å². The van der Waals surface area contributed by atoms with Crippen molar-refractivity contribution in [1.82, 2.24) is 10.2 Å². The van der Waals surface area contributed by atoms with E-state index < -0.39 is 17.5 Å². The van der Waals surface area contributed by atoms with E-state index in [1.807, 2.05) is 0 Å². The first-order valence-electron chi connectivity index (χ1n) is 9.53. The molecular formula is C19H22N4O3S. The van der Waals surface area contributed by atoms with Crippen LogP contribution in [0.25, 0.3) is 0 Å². The van der Waals surface area contributed by atoms with Crippen LogP contribution in [0.1, 0.15) is 60.9 Å². The van der Waals surface area contributed by atoms with Crippen molar-refractivity contribution in [3.8, 4) is 6.07 Å². The van der Waals surface area contributed by atoms with Gasteiger partial charge in [0.15, 0.2) is 0 Å². The van der Waals surface area contributed by atoms with E-state index in [9.17, 15) is 19.6 Å². The van der Waals surface area contributed by atoms with E-state index in [-0.39, 0.29) is 12.5 Å². The van der Waals surface area contributed by atoms with Crippen LogP contribution in [-0.4, -0.2) is 34.8 Å². The molecule has 3 aliphatic rings. The molecule has 0 atom stereocenters. The number of nitrogens with zero attached hydrogens (tertiary/aromatic N) is 2. The summed E-state index contributed by atoms with van der Waals surface area (Å²) in [5.74, 6) is -0.741. The van der Waals surface area contributed by atoms with Gasteiger partial charge in [0, 0.05) is 4.88 Å². The average Bonchev–Trinajstić information content (AvgIpc) is 3.12. The fourth-order valence-electron chi connectivity index (χ4n) is 4.40. The largest absolute Gasteiger partial charge is 0.325 e. The van der Waals surface area contributed by atoms with Gasteiger partial charge in [0.25, 0.3) is 5.91 Å². The van der Waals surface area contributed by atoms with Crippen molar-refractivity contribution in [3.05, 3.63) is 16.0 Å². The summed E-state index contributed by atoms with van der Waals surface area (Å²) in [7, 11) is 0. The highest BCUT2D eigenvalue weighted by Gasteiger charge is 2.51. The van der Waals surface area contributed by atoms with Crippen molar-refractivity contribution in [3.63, 3.8) is 0 Å². The first-order chi connectivity index (χ1) is 13.0.